The highest BCUT2D eigenvalue weighted by atomic mass is 79.9. The molecule has 3 rings (SSSR count). The minimum atomic E-state index is 0.833. The molecule has 3 aromatic rings. The van der Waals surface area contributed by atoms with E-state index in [1.165, 1.54) is 5.56 Å². The smallest absolute Gasteiger partial charge is 0.0741 e. The zero-order valence-electron chi connectivity index (χ0n) is 11.3. The number of nitrogens with one attached hydrogen (secondary N) is 1. The average molecular weight is 330 g/mol. The monoisotopic (exact) mass is 329 g/mol. The van der Waals surface area contributed by atoms with Crippen LogP contribution in [-0.4, -0.2) is 16.3 Å². The molecule has 3 nitrogen and oxygen atoms in total. The van der Waals surface area contributed by atoms with Gasteiger partial charge in [0.05, 0.1) is 17.4 Å². The largest absolute Gasteiger partial charge is 0.313 e. The Kier molecular flexibility index (Phi) is 3.85. The molecule has 0 amide bonds. The first-order chi connectivity index (χ1) is 9.79. The van der Waals surface area contributed by atoms with E-state index in [0.29, 0.717) is 0 Å². The molecule has 0 fully saturated rings. The van der Waals surface area contributed by atoms with Crippen molar-refractivity contribution in [1.82, 2.24) is 15.1 Å². The summed E-state index contributed by atoms with van der Waals surface area (Å²) in [5.74, 6) is 0. The number of halogens is 1. The van der Waals surface area contributed by atoms with Crippen LogP contribution in [0.15, 0.2) is 53.1 Å². The lowest BCUT2D eigenvalue weighted by atomic mass is 10.1. The van der Waals surface area contributed by atoms with Gasteiger partial charge in [-0.2, -0.15) is 5.10 Å². The fourth-order valence-corrected chi connectivity index (χ4v) is 2.73. The van der Waals surface area contributed by atoms with Gasteiger partial charge in [0.15, 0.2) is 0 Å². The van der Waals surface area contributed by atoms with E-state index in [1.54, 1.807) is 0 Å². The van der Waals surface area contributed by atoms with Crippen molar-refractivity contribution in [3.05, 3.63) is 58.7 Å². The topological polar surface area (TPSA) is 29.9 Å². The maximum absolute atomic E-state index is 4.54. The summed E-state index contributed by atoms with van der Waals surface area (Å²) in [4.78, 5) is 0. The van der Waals surface area contributed by atoms with Crippen molar-refractivity contribution < 1.29 is 0 Å². The number of hydrogen-bond donors (Lipinski definition) is 1. The summed E-state index contributed by atoms with van der Waals surface area (Å²) < 4.78 is 3.10. The van der Waals surface area contributed by atoms with Gasteiger partial charge in [0, 0.05) is 16.4 Å². The normalized spacial score (nSPS) is 11.1. The van der Waals surface area contributed by atoms with Crippen LogP contribution < -0.4 is 5.32 Å². The van der Waals surface area contributed by atoms with Crippen molar-refractivity contribution in [3.63, 3.8) is 0 Å². The maximum Gasteiger partial charge on any atom is 0.0741 e. The number of hydrogen-bond acceptors (Lipinski definition) is 2. The lowest BCUT2D eigenvalue weighted by molar-refractivity contribution is 0.718. The molecule has 0 saturated carbocycles. The van der Waals surface area contributed by atoms with E-state index in [0.717, 1.165) is 34.2 Å². The second kappa shape index (κ2) is 5.77. The molecule has 2 aromatic carbocycles. The van der Waals surface area contributed by atoms with Crippen LogP contribution in [0.4, 0.5) is 0 Å². The molecule has 0 aliphatic carbocycles. The van der Waals surface area contributed by atoms with Crippen molar-refractivity contribution in [1.29, 1.82) is 0 Å². The summed E-state index contributed by atoms with van der Waals surface area (Å²) in [6.45, 7) is 3.90. The van der Waals surface area contributed by atoms with Crippen LogP contribution in [0, 0.1) is 0 Å². The van der Waals surface area contributed by atoms with Gasteiger partial charge in [0.1, 0.15) is 0 Å². The Hall–Kier alpha value is -1.65. The van der Waals surface area contributed by atoms with Gasteiger partial charge in [0.25, 0.3) is 0 Å². The molecule has 0 aliphatic rings. The van der Waals surface area contributed by atoms with E-state index in [-0.39, 0.29) is 0 Å². The number of para-hydroxylation sites is 1. The predicted molar refractivity (Wildman–Crippen MR) is 86.2 cm³/mol. The average Bonchev–Trinajstić information content (AvgIpc) is 2.89. The third kappa shape index (κ3) is 2.49. The van der Waals surface area contributed by atoms with E-state index in [4.69, 9.17) is 0 Å². The molecule has 20 heavy (non-hydrogen) atoms. The van der Waals surface area contributed by atoms with Gasteiger partial charge in [-0.1, -0.05) is 41.1 Å². The second-order valence-corrected chi connectivity index (χ2v) is 5.58. The lowest BCUT2D eigenvalue weighted by Gasteiger charge is -2.11. The first kappa shape index (κ1) is 13.3. The highest BCUT2D eigenvalue weighted by Gasteiger charge is 2.09. The summed E-state index contributed by atoms with van der Waals surface area (Å²) in [6, 6.07) is 14.6. The summed E-state index contributed by atoms with van der Waals surface area (Å²) in [5, 5.41) is 9.08. The van der Waals surface area contributed by atoms with Crippen LogP contribution in [-0.2, 0) is 6.54 Å². The number of aromatic nitrogens is 2. The second-order valence-electron chi connectivity index (χ2n) is 4.67. The van der Waals surface area contributed by atoms with Gasteiger partial charge >= 0.3 is 0 Å². The van der Waals surface area contributed by atoms with E-state index in [1.807, 2.05) is 23.0 Å². The lowest BCUT2D eigenvalue weighted by Crippen LogP contribution is -2.14. The van der Waals surface area contributed by atoms with Gasteiger partial charge in [-0.05, 0) is 36.4 Å². The van der Waals surface area contributed by atoms with Crippen LogP contribution in [0.1, 0.15) is 12.5 Å². The highest BCUT2D eigenvalue weighted by molar-refractivity contribution is 9.10. The Balaban J connectivity index is 2.13. The molecule has 0 saturated heterocycles. The minimum absolute atomic E-state index is 0.833. The quantitative estimate of drug-likeness (QED) is 0.786. The maximum atomic E-state index is 4.54. The van der Waals surface area contributed by atoms with E-state index in [9.17, 15) is 0 Å². The Morgan fingerprint density at radius 2 is 2.05 bits per heavy atom. The van der Waals surface area contributed by atoms with Gasteiger partial charge in [-0.3, -0.25) is 0 Å². The summed E-state index contributed by atoms with van der Waals surface area (Å²) >= 11 is 3.54. The third-order valence-electron chi connectivity index (χ3n) is 3.31. The van der Waals surface area contributed by atoms with E-state index >= 15 is 0 Å². The molecule has 0 atom stereocenters. The molecule has 0 radical (unpaired) electrons. The molecule has 0 aliphatic heterocycles. The molecular formula is C16H16BrN3. The molecule has 1 heterocycles. The summed E-state index contributed by atoms with van der Waals surface area (Å²) in [7, 11) is 0. The number of nitrogens with zero attached hydrogens (tertiary/aromatic N) is 2. The van der Waals surface area contributed by atoms with Crippen molar-refractivity contribution in [2.24, 2.45) is 0 Å². The van der Waals surface area contributed by atoms with Crippen molar-refractivity contribution >= 4 is 26.8 Å². The zero-order chi connectivity index (χ0) is 13.9. The zero-order valence-corrected chi connectivity index (χ0v) is 12.9. The van der Waals surface area contributed by atoms with Crippen LogP contribution >= 0.6 is 15.9 Å². The van der Waals surface area contributed by atoms with Crippen LogP contribution in [0.3, 0.4) is 0 Å². The van der Waals surface area contributed by atoms with Crippen molar-refractivity contribution in [3.8, 4) is 5.69 Å². The molecule has 1 aromatic heterocycles. The van der Waals surface area contributed by atoms with Crippen molar-refractivity contribution in [2.75, 3.05) is 6.54 Å². The molecular weight excluding hydrogens is 314 g/mol. The Morgan fingerprint density at radius 1 is 1.20 bits per heavy atom. The van der Waals surface area contributed by atoms with Gasteiger partial charge in [0.2, 0.25) is 0 Å². The molecule has 1 N–H and O–H groups in total. The number of fused-ring (bicyclic) bond motifs is 1. The van der Waals surface area contributed by atoms with Crippen molar-refractivity contribution in [2.45, 2.75) is 13.5 Å². The first-order valence-electron chi connectivity index (χ1n) is 6.72. The molecule has 4 heteroatoms. The Labute approximate surface area is 126 Å². The summed E-state index contributed by atoms with van der Waals surface area (Å²) in [5.41, 5.74) is 3.48. The van der Waals surface area contributed by atoms with Gasteiger partial charge in [-0.25, -0.2) is 4.68 Å². The fraction of sp³-hybridized carbons (Fsp3) is 0.188. The van der Waals surface area contributed by atoms with Gasteiger partial charge in [-0.15, -0.1) is 0 Å². The van der Waals surface area contributed by atoms with E-state index in [2.05, 4.69) is 63.6 Å². The summed E-state index contributed by atoms with van der Waals surface area (Å²) in [6.07, 6.45) is 1.91. The Bertz CT molecular complexity index is 733. The Morgan fingerprint density at radius 3 is 2.90 bits per heavy atom. The molecule has 0 spiro atoms. The van der Waals surface area contributed by atoms with Crippen LogP contribution in [0.25, 0.3) is 16.6 Å². The molecule has 0 bridgehead atoms. The number of benzene rings is 2. The first-order valence-corrected chi connectivity index (χ1v) is 7.51. The molecule has 102 valence electrons. The SMILES string of the molecule is CCNCc1cc(Br)ccc1-n1ncc2ccccc21. The third-order valence-corrected chi connectivity index (χ3v) is 3.81. The standard InChI is InChI=1S/C16H16BrN3/c1-2-18-10-13-9-14(17)7-8-16(13)20-15-6-4-3-5-12(15)11-19-20/h3-9,11,18H,2,10H2,1H3. The van der Waals surface area contributed by atoms with E-state index < -0.39 is 0 Å². The van der Waals surface area contributed by atoms with Crippen LogP contribution in [0.2, 0.25) is 0 Å². The predicted octanol–water partition coefficient (Wildman–Crippen LogP) is 3.90. The minimum Gasteiger partial charge on any atom is -0.313 e. The fourth-order valence-electron chi connectivity index (χ4n) is 2.33. The van der Waals surface area contributed by atoms with Gasteiger partial charge < -0.3 is 5.32 Å². The molecule has 0 unspecified atom stereocenters. The van der Waals surface area contributed by atoms with Crippen LogP contribution in [0.5, 0.6) is 0 Å². The number of rotatable bonds is 4. The highest BCUT2D eigenvalue weighted by Crippen LogP contribution is 2.23.